The third-order valence-corrected chi connectivity index (χ3v) is 2.18. The molecular formula is C8H11NS. The SMILES string of the molecule is C=CC(C)Cc1nccs1. The van der Waals surface area contributed by atoms with Gasteiger partial charge in [-0.2, -0.15) is 0 Å². The van der Waals surface area contributed by atoms with Gasteiger partial charge in [-0.1, -0.05) is 13.0 Å². The van der Waals surface area contributed by atoms with E-state index in [1.165, 1.54) is 5.01 Å². The molecule has 10 heavy (non-hydrogen) atoms. The second-order valence-corrected chi connectivity index (χ2v) is 3.32. The number of aromatic nitrogens is 1. The maximum atomic E-state index is 4.17. The average Bonchev–Trinajstić information content (AvgIpc) is 2.40. The van der Waals surface area contributed by atoms with Crippen molar-refractivity contribution in [3.8, 4) is 0 Å². The molecule has 0 aromatic carbocycles. The monoisotopic (exact) mass is 153 g/mol. The Morgan fingerprint density at radius 3 is 3.20 bits per heavy atom. The third-order valence-electron chi connectivity index (χ3n) is 1.38. The number of rotatable bonds is 3. The highest BCUT2D eigenvalue weighted by atomic mass is 32.1. The summed E-state index contributed by atoms with van der Waals surface area (Å²) >= 11 is 1.71. The Kier molecular flexibility index (Phi) is 2.63. The summed E-state index contributed by atoms with van der Waals surface area (Å²) in [5, 5.41) is 3.21. The van der Waals surface area contributed by atoms with Gasteiger partial charge in [-0.3, -0.25) is 0 Å². The topological polar surface area (TPSA) is 12.9 Å². The molecule has 2 heteroatoms. The quantitative estimate of drug-likeness (QED) is 0.608. The summed E-state index contributed by atoms with van der Waals surface area (Å²) in [5.41, 5.74) is 0. The molecule has 1 rings (SSSR count). The zero-order chi connectivity index (χ0) is 7.40. The first kappa shape index (κ1) is 7.48. The molecule has 0 fully saturated rings. The van der Waals surface area contributed by atoms with Gasteiger partial charge in [0.25, 0.3) is 0 Å². The number of thiazole rings is 1. The van der Waals surface area contributed by atoms with Gasteiger partial charge in [-0.05, 0) is 5.92 Å². The van der Waals surface area contributed by atoms with Crippen LogP contribution in [-0.2, 0) is 6.42 Å². The number of hydrogen-bond acceptors (Lipinski definition) is 2. The van der Waals surface area contributed by atoms with Crippen LogP contribution in [0.25, 0.3) is 0 Å². The van der Waals surface area contributed by atoms with Crippen molar-refractivity contribution in [3.63, 3.8) is 0 Å². The summed E-state index contributed by atoms with van der Waals surface area (Å²) in [5.74, 6) is 0.547. The van der Waals surface area contributed by atoms with E-state index in [1.54, 1.807) is 11.3 Å². The van der Waals surface area contributed by atoms with E-state index >= 15 is 0 Å². The first-order valence-corrected chi connectivity index (χ1v) is 4.22. The summed E-state index contributed by atoms with van der Waals surface area (Å²) in [7, 11) is 0. The second kappa shape index (κ2) is 3.52. The predicted molar refractivity (Wildman–Crippen MR) is 45.2 cm³/mol. The molecule has 0 aliphatic heterocycles. The van der Waals surface area contributed by atoms with Crippen molar-refractivity contribution < 1.29 is 0 Å². The van der Waals surface area contributed by atoms with Crippen LogP contribution in [0.5, 0.6) is 0 Å². The van der Waals surface area contributed by atoms with Crippen LogP contribution < -0.4 is 0 Å². The van der Waals surface area contributed by atoms with Crippen molar-refractivity contribution in [2.45, 2.75) is 13.3 Å². The van der Waals surface area contributed by atoms with E-state index in [-0.39, 0.29) is 0 Å². The molecule has 1 aromatic rings. The summed E-state index contributed by atoms with van der Waals surface area (Å²) in [6.07, 6.45) is 4.83. The maximum Gasteiger partial charge on any atom is 0.0930 e. The van der Waals surface area contributed by atoms with Crippen LogP contribution in [0.4, 0.5) is 0 Å². The van der Waals surface area contributed by atoms with Crippen LogP contribution in [0.1, 0.15) is 11.9 Å². The molecule has 0 spiro atoms. The van der Waals surface area contributed by atoms with Crippen molar-refractivity contribution in [2.24, 2.45) is 5.92 Å². The fourth-order valence-electron chi connectivity index (χ4n) is 0.713. The second-order valence-electron chi connectivity index (χ2n) is 2.34. The van der Waals surface area contributed by atoms with Gasteiger partial charge in [0.1, 0.15) is 0 Å². The van der Waals surface area contributed by atoms with Crippen molar-refractivity contribution in [1.82, 2.24) is 4.98 Å². The van der Waals surface area contributed by atoms with Gasteiger partial charge in [0.05, 0.1) is 5.01 Å². The standard InChI is InChI=1S/C8H11NS/c1-3-7(2)6-8-9-4-5-10-8/h3-5,7H,1,6H2,2H3. The normalized spacial score (nSPS) is 12.9. The van der Waals surface area contributed by atoms with E-state index in [0.717, 1.165) is 6.42 Å². The van der Waals surface area contributed by atoms with Crippen LogP contribution >= 0.6 is 11.3 Å². The summed E-state index contributed by atoms with van der Waals surface area (Å²) in [6.45, 7) is 5.87. The van der Waals surface area contributed by atoms with E-state index in [0.29, 0.717) is 5.92 Å². The molecular weight excluding hydrogens is 142 g/mol. The van der Waals surface area contributed by atoms with Crippen LogP contribution in [0, 0.1) is 5.92 Å². The van der Waals surface area contributed by atoms with Gasteiger partial charge in [0.15, 0.2) is 0 Å². The van der Waals surface area contributed by atoms with E-state index in [9.17, 15) is 0 Å². The van der Waals surface area contributed by atoms with Crippen LogP contribution in [0.2, 0.25) is 0 Å². The summed E-state index contributed by atoms with van der Waals surface area (Å²) in [4.78, 5) is 4.17. The van der Waals surface area contributed by atoms with Gasteiger partial charge >= 0.3 is 0 Å². The molecule has 1 atom stereocenters. The van der Waals surface area contributed by atoms with Gasteiger partial charge in [0.2, 0.25) is 0 Å². The largest absolute Gasteiger partial charge is 0.250 e. The highest BCUT2D eigenvalue weighted by Gasteiger charge is 1.99. The maximum absolute atomic E-state index is 4.17. The van der Waals surface area contributed by atoms with Gasteiger partial charge in [-0.25, -0.2) is 4.98 Å². The smallest absolute Gasteiger partial charge is 0.0930 e. The minimum absolute atomic E-state index is 0.547. The summed E-state index contributed by atoms with van der Waals surface area (Å²) < 4.78 is 0. The Morgan fingerprint density at radius 2 is 2.70 bits per heavy atom. The minimum atomic E-state index is 0.547. The van der Waals surface area contributed by atoms with Gasteiger partial charge < -0.3 is 0 Å². The van der Waals surface area contributed by atoms with Crippen molar-refractivity contribution in [2.75, 3.05) is 0 Å². The molecule has 0 radical (unpaired) electrons. The van der Waals surface area contributed by atoms with E-state index in [2.05, 4.69) is 18.5 Å². The lowest BCUT2D eigenvalue weighted by molar-refractivity contribution is 0.721. The Morgan fingerprint density at radius 1 is 1.90 bits per heavy atom. The Bertz CT molecular complexity index is 191. The predicted octanol–water partition coefficient (Wildman–Crippen LogP) is 2.51. The van der Waals surface area contributed by atoms with Crippen LogP contribution in [-0.4, -0.2) is 4.98 Å². The molecule has 1 nitrogen and oxygen atoms in total. The molecule has 0 N–H and O–H groups in total. The molecule has 0 bridgehead atoms. The fourth-order valence-corrected chi connectivity index (χ4v) is 1.47. The Balaban J connectivity index is 2.47. The zero-order valence-corrected chi connectivity index (χ0v) is 6.90. The lowest BCUT2D eigenvalue weighted by Crippen LogP contribution is -1.93. The molecule has 0 aliphatic carbocycles. The van der Waals surface area contributed by atoms with Crippen LogP contribution in [0.15, 0.2) is 24.2 Å². The third kappa shape index (κ3) is 1.95. The fraction of sp³-hybridized carbons (Fsp3) is 0.375. The Labute approximate surface area is 65.4 Å². The lowest BCUT2D eigenvalue weighted by atomic mass is 10.1. The van der Waals surface area contributed by atoms with E-state index in [4.69, 9.17) is 0 Å². The summed E-state index contributed by atoms with van der Waals surface area (Å²) in [6, 6.07) is 0. The lowest BCUT2D eigenvalue weighted by Gasteiger charge is -1.99. The molecule has 54 valence electrons. The Hall–Kier alpha value is -0.630. The van der Waals surface area contributed by atoms with Gasteiger partial charge in [-0.15, -0.1) is 17.9 Å². The number of allylic oxidation sites excluding steroid dienone is 1. The molecule has 1 heterocycles. The van der Waals surface area contributed by atoms with Crippen LogP contribution in [0.3, 0.4) is 0 Å². The first-order valence-electron chi connectivity index (χ1n) is 3.34. The van der Waals surface area contributed by atoms with Crippen molar-refractivity contribution >= 4 is 11.3 Å². The number of hydrogen-bond donors (Lipinski definition) is 0. The molecule has 0 aliphatic rings. The minimum Gasteiger partial charge on any atom is -0.250 e. The van der Waals surface area contributed by atoms with Crippen molar-refractivity contribution in [1.29, 1.82) is 0 Å². The van der Waals surface area contributed by atoms with Gasteiger partial charge in [0, 0.05) is 18.0 Å². The molecule has 0 saturated carbocycles. The highest BCUT2D eigenvalue weighted by Crippen LogP contribution is 2.10. The first-order chi connectivity index (χ1) is 4.83. The van der Waals surface area contributed by atoms with E-state index < -0.39 is 0 Å². The van der Waals surface area contributed by atoms with Crippen molar-refractivity contribution in [3.05, 3.63) is 29.2 Å². The molecule has 0 amide bonds. The highest BCUT2D eigenvalue weighted by molar-refractivity contribution is 7.09. The average molecular weight is 153 g/mol. The molecule has 1 aromatic heterocycles. The molecule has 0 saturated heterocycles. The zero-order valence-electron chi connectivity index (χ0n) is 6.08. The number of nitrogens with zero attached hydrogens (tertiary/aromatic N) is 1. The molecule has 1 unspecified atom stereocenters. The van der Waals surface area contributed by atoms with E-state index in [1.807, 2.05) is 17.7 Å².